The number of nitrogens with zero attached hydrogens (tertiary/aromatic N) is 2. The van der Waals surface area contributed by atoms with Gasteiger partial charge in [-0.25, -0.2) is 10.2 Å². The Hall–Kier alpha value is -4.25. The van der Waals surface area contributed by atoms with E-state index in [2.05, 4.69) is 26.5 Å². The van der Waals surface area contributed by atoms with Gasteiger partial charge in [0.25, 0.3) is 5.91 Å². The lowest BCUT2D eigenvalue weighted by atomic mass is 10.2. The van der Waals surface area contributed by atoms with Crippen LogP contribution in [0, 0.1) is 10.1 Å². The predicted molar refractivity (Wildman–Crippen MR) is 122 cm³/mol. The second-order valence-corrected chi connectivity index (χ2v) is 7.17. The number of rotatable bonds is 9. The molecule has 0 saturated carbocycles. The van der Waals surface area contributed by atoms with Crippen molar-refractivity contribution >= 4 is 45.8 Å². The number of hydrogen-bond donors (Lipinski definition) is 1. The maximum Gasteiger partial charge on any atom is 0.336 e. The largest absolute Gasteiger partial charge is 0.477 e. The fourth-order valence-electron chi connectivity index (χ4n) is 2.47. The summed E-state index contributed by atoms with van der Waals surface area (Å²) in [4.78, 5) is 34.4. The minimum atomic E-state index is -0.640. The molecule has 2 aromatic carbocycles. The monoisotopic (exact) mass is 513 g/mol. The van der Waals surface area contributed by atoms with Gasteiger partial charge in [0.15, 0.2) is 12.4 Å². The summed E-state index contributed by atoms with van der Waals surface area (Å²) >= 11 is 3.32. The van der Waals surface area contributed by atoms with Gasteiger partial charge in [0.05, 0.1) is 17.4 Å². The Morgan fingerprint density at radius 3 is 2.73 bits per heavy atom. The van der Waals surface area contributed by atoms with Gasteiger partial charge in [-0.2, -0.15) is 5.10 Å². The van der Waals surface area contributed by atoms with Crippen molar-refractivity contribution in [2.75, 3.05) is 6.61 Å². The molecule has 0 unspecified atom stereocenters. The Morgan fingerprint density at radius 1 is 1.15 bits per heavy atom. The highest BCUT2D eigenvalue weighted by Crippen LogP contribution is 2.25. The van der Waals surface area contributed by atoms with E-state index in [0.717, 1.165) is 0 Å². The van der Waals surface area contributed by atoms with Gasteiger partial charge < -0.3 is 13.9 Å². The molecule has 0 aliphatic heterocycles. The minimum absolute atomic E-state index is 0.0366. The van der Waals surface area contributed by atoms with E-state index in [-0.39, 0.29) is 17.2 Å². The number of carbonyl (C=O) groups excluding carboxylic acids is 2. The van der Waals surface area contributed by atoms with Crippen LogP contribution in [-0.4, -0.2) is 29.6 Å². The summed E-state index contributed by atoms with van der Waals surface area (Å²) in [5.41, 5.74) is 2.40. The van der Waals surface area contributed by atoms with Gasteiger partial charge in [-0.3, -0.25) is 14.9 Å². The zero-order valence-corrected chi connectivity index (χ0v) is 18.4. The second-order valence-electron chi connectivity index (χ2n) is 6.26. The summed E-state index contributed by atoms with van der Waals surface area (Å²) in [6.45, 7) is -0.486. The quantitative estimate of drug-likeness (QED) is 0.114. The van der Waals surface area contributed by atoms with E-state index >= 15 is 0 Å². The molecule has 0 aliphatic carbocycles. The summed E-state index contributed by atoms with van der Waals surface area (Å²) in [6, 6.07) is 13.9. The van der Waals surface area contributed by atoms with Crippen LogP contribution < -0.4 is 14.9 Å². The number of nitrogens with one attached hydrogen (secondary N) is 1. The van der Waals surface area contributed by atoms with Gasteiger partial charge in [-0.1, -0.05) is 28.1 Å². The number of ether oxygens (including phenoxy) is 2. The molecule has 10 nitrogen and oxygen atoms in total. The number of esters is 1. The molecule has 0 aliphatic rings. The molecule has 1 heterocycles. The summed E-state index contributed by atoms with van der Waals surface area (Å²) in [7, 11) is 0. The van der Waals surface area contributed by atoms with E-state index in [9.17, 15) is 19.7 Å². The molecule has 0 spiro atoms. The van der Waals surface area contributed by atoms with E-state index in [1.165, 1.54) is 42.8 Å². The molecule has 11 heteroatoms. The highest BCUT2D eigenvalue weighted by Gasteiger charge is 2.14. The SMILES string of the molecule is O=C(COc1ccccc1[N+](=O)[O-])NN=Cc1cc(Br)ccc1OC(=O)C=Cc1ccco1. The van der Waals surface area contributed by atoms with Crippen molar-refractivity contribution < 1.29 is 28.4 Å². The molecule has 168 valence electrons. The van der Waals surface area contributed by atoms with E-state index in [1.807, 2.05) is 0 Å². The minimum Gasteiger partial charge on any atom is -0.477 e. The summed E-state index contributed by atoms with van der Waals surface area (Å²) in [5.74, 6) is -0.605. The second kappa shape index (κ2) is 11.4. The van der Waals surface area contributed by atoms with E-state index in [0.29, 0.717) is 15.8 Å². The number of nitro groups is 1. The maximum absolute atomic E-state index is 12.1. The molecule has 1 N–H and O–H groups in total. The average molecular weight is 514 g/mol. The molecule has 0 atom stereocenters. The normalized spacial score (nSPS) is 10.9. The molecule has 33 heavy (non-hydrogen) atoms. The topological polar surface area (TPSA) is 133 Å². The lowest BCUT2D eigenvalue weighted by Gasteiger charge is -2.07. The predicted octanol–water partition coefficient (Wildman–Crippen LogP) is 4.10. The standard InChI is InChI=1S/C22H16BrN3O7/c23-16-7-9-19(33-22(28)10-8-17-4-3-11-31-17)15(12-16)13-24-25-21(27)14-32-20-6-2-1-5-18(20)26(29)30/h1-13H,14H2,(H,25,27). The number of amides is 1. The first kappa shape index (κ1) is 23.4. The third-order valence-corrected chi connectivity index (χ3v) is 4.42. The van der Waals surface area contributed by atoms with Crippen molar-refractivity contribution in [3.8, 4) is 11.5 Å². The molecule has 0 fully saturated rings. The van der Waals surface area contributed by atoms with Crippen molar-refractivity contribution in [2.24, 2.45) is 5.10 Å². The van der Waals surface area contributed by atoms with Gasteiger partial charge in [0.1, 0.15) is 11.5 Å². The van der Waals surface area contributed by atoms with Crippen LogP contribution in [0.15, 0.2) is 80.9 Å². The molecule has 1 aromatic heterocycles. The van der Waals surface area contributed by atoms with Crippen LogP contribution in [0.2, 0.25) is 0 Å². The van der Waals surface area contributed by atoms with Crippen molar-refractivity contribution in [1.82, 2.24) is 5.43 Å². The van der Waals surface area contributed by atoms with E-state index < -0.39 is 23.4 Å². The number of nitro benzene ring substituents is 1. The van der Waals surface area contributed by atoms with Crippen LogP contribution in [-0.2, 0) is 9.59 Å². The van der Waals surface area contributed by atoms with Crippen LogP contribution in [0.1, 0.15) is 11.3 Å². The number of benzene rings is 2. The molecule has 3 aromatic rings. The van der Waals surface area contributed by atoms with Crippen molar-refractivity contribution in [1.29, 1.82) is 0 Å². The third-order valence-electron chi connectivity index (χ3n) is 3.92. The Bertz CT molecular complexity index is 1210. The molecule has 0 saturated heterocycles. The zero-order chi connectivity index (χ0) is 23.6. The Morgan fingerprint density at radius 2 is 1.97 bits per heavy atom. The fourth-order valence-corrected chi connectivity index (χ4v) is 2.85. The first-order valence-corrected chi connectivity index (χ1v) is 10.1. The van der Waals surface area contributed by atoms with Crippen LogP contribution in [0.3, 0.4) is 0 Å². The lowest BCUT2D eigenvalue weighted by molar-refractivity contribution is -0.385. The van der Waals surface area contributed by atoms with Crippen LogP contribution in [0.4, 0.5) is 5.69 Å². The maximum atomic E-state index is 12.1. The van der Waals surface area contributed by atoms with Crippen LogP contribution in [0.25, 0.3) is 6.08 Å². The van der Waals surface area contributed by atoms with Gasteiger partial charge in [0.2, 0.25) is 0 Å². The first-order valence-electron chi connectivity index (χ1n) is 9.33. The smallest absolute Gasteiger partial charge is 0.336 e. The first-order chi connectivity index (χ1) is 15.9. The number of furan rings is 1. The molecule has 0 bridgehead atoms. The van der Waals surface area contributed by atoms with Crippen LogP contribution >= 0.6 is 15.9 Å². The lowest BCUT2D eigenvalue weighted by Crippen LogP contribution is -2.24. The number of carbonyl (C=O) groups is 2. The highest BCUT2D eigenvalue weighted by molar-refractivity contribution is 9.10. The zero-order valence-electron chi connectivity index (χ0n) is 16.8. The van der Waals surface area contributed by atoms with Gasteiger partial charge >= 0.3 is 11.7 Å². The Labute approximate surface area is 195 Å². The van der Waals surface area contributed by atoms with E-state index in [4.69, 9.17) is 13.9 Å². The van der Waals surface area contributed by atoms with Crippen molar-refractivity contribution in [3.05, 3.63) is 92.8 Å². The summed E-state index contributed by atoms with van der Waals surface area (Å²) < 4.78 is 16.3. The number of hydrogen-bond acceptors (Lipinski definition) is 8. The molecular weight excluding hydrogens is 498 g/mol. The molecule has 0 radical (unpaired) electrons. The van der Waals surface area contributed by atoms with Gasteiger partial charge in [-0.15, -0.1) is 0 Å². The van der Waals surface area contributed by atoms with Crippen molar-refractivity contribution in [3.63, 3.8) is 0 Å². The fraction of sp³-hybridized carbons (Fsp3) is 0.0455. The molecule has 1 amide bonds. The van der Waals surface area contributed by atoms with E-state index in [1.54, 1.807) is 36.4 Å². The number of para-hydroxylation sites is 2. The Kier molecular flexibility index (Phi) is 8.08. The Balaban J connectivity index is 1.59. The van der Waals surface area contributed by atoms with Crippen molar-refractivity contribution in [2.45, 2.75) is 0 Å². The average Bonchev–Trinajstić information content (AvgIpc) is 3.32. The molecular formula is C22H16BrN3O7. The summed E-state index contributed by atoms with van der Waals surface area (Å²) in [5, 5.41) is 14.8. The highest BCUT2D eigenvalue weighted by atomic mass is 79.9. The number of halogens is 1. The molecule has 3 rings (SSSR count). The third kappa shape index (κ3) is 7.14. The summed E-state index contributed by atoms with van der Waals surface area (Å²) in [6.07, 6.45) is 5.44. The number of hydrazone groups is 1. The van der Waals surface area contributed by atoms with Gasteiger partial charge in [0, 0.05) is 22.2 Å². The van der Waals surface area contributed by atoms with Crippen LogP contribution in [0.5, 0.6) is 11.5 Å². The van der Waals surface area contributed by atoms with Gasteiger partial charge in [-0.05, 0) is 42.5 Å².